The first-order chi connectivity index (χ1) is 12.5. The first-order valence-electron chi connectivity index (χ1n) is 7.53. The second-order valence-electron chi connectivity index (χ2n) is 5.29. The van der Waals surface area contributed by atoms with Gasteiger partial charge in [-0.15, -0.1) is 11.3 Å². The Morgan fingerprint density at radius 2 is 1.77 bits per heavy atom. The lowest BCUT2D eigenvalue weighted by Crippen LogP contribution is -2.15. The van der Waals surface area contributed by atoms with Crippen LogP contribution in [0.25, 0.3) is 10.4 Å². The second-order valence-corrected chi connectivity index (χ2v) is 6.34. The van der Waals surface area contributed by atoms with Crippen LogP contribution in [0.3, 0.4) is 0 Å². The standard InChI is InChI=1S/C19H13F2NO3S/c1-25-19(24)17-15(10-16(26-17)11-5-3-2-4-6-11)22-18(23)13-8-7-12(20)9-14(13)21/h2-10H,1H3,(H,22,23). The van der Waals surface area contributed by atoms with Gasteiger partial charge in [-0.2, -0.15) is 0 Å². The van der Waals surface area contributed by atoms with Crippen LogP contribution in [-0.4, -0.2) is 19.0 Å². The lowest BCUT2D eigenvalue weighted by atomic mass is 10.1. The molecule has 0 saturated carbocycles. The summed E-state index contributed by atoms with van der Waals surface area (Å²) in [5.74, 6) is -3.17. The monoisotopic (exact) mass is 373 g/mol. The minimum atomic E-state index is -0.986. The van der Waals surface area contributed by atoms with Crippen molar-refractivity contribution in [3.8, 4) is 10.4 Å². The molecule has 1 heterocycles. The number of carbonyl (C=O) groups is 2. The normalized spacial score (nSPS) is 10.4. The van der Waals surface area contributed by atoms with Gasteiger partial charge in [-0.1, -0.05) is 30.3 Å². The predicted molar refractivity (Wildman–Crippen MR) is 95.4 cm³/mol. The third-order valence-corrected chi connectivity index (χ3v) is 4.75. The minimum Gasteiger partial charge on any atom is -0.465 e. The lowest BCUT2D eigenvalue weighted by molar-refractivity contribution is 0.0607. The SMILES string of the molecule is COC(=O)c1sc(-c2ccccc2)cc1NC(=O)c1ccc(F)cc1F. The molecule has 0 fully saturated rings. The Labute approximate surface area is 152 Å². The van der Waals surface area contributed by atoms with Crippen LogP contribution >= 0.6 is 11.3 Å². The van der Waals surface area contributed by atoms with Gasteiger partial charge in [0, 0.05) is 10.9 Å². The first-order valence-corrected chi connectivity index (χ1v) is 8.35. The molecule has 1 aromatic heterocycles. The molecule has 1 amide bonds. The lowest BCUT2D eigenvalue weighted by Gasteiger charge is -2.06. The Balaban J connectivity index is 1.96. The highest BCUT2D eigenvalue weighted by Crippen LogP contribution is 2.35. The van der Waals surface area contributed by atoms with Crippen molar-refractivity contribution in [1.82, 2.24) is 0 Å². The average Bonchev–Trinajstić information content (AvgIpc) is 3.05. The smallest absolute Gasteiger partial charge is 0.350 e. The fourth-order valence-electron chi connectivity index (χ4n) is 2.34. The van der Waals surface area contributed by atoms with Gasteiger partial charge in [0.25, 0.3) is 5.91 Å². The fraction of sp³-hybridized carbons (Fsp3) is 0.0526. The molecule has 0 spiro atoms. The highest BCUT2D eigenvalue weighted by atomic mass is 32.1. The fourth-order valence-corrected chi connectivity index (χ4v) is 3.37. The van der Waals surface area contributed by atoms with Gasteiger partial charge in [-0.05, 0) is 23.8 Å². The van der Waals surface area contributed by atoms with Crippen LogP contribution < -0.4 is 5.32 Å². The van der Waals surface area contributed by atoms with Crippen molar-refractivity contribution in [3.05, 3.63) is 76.7 Å². The van der Waals surface area contributed by atoms with Crippen molar-refractivity contribution in [2.45, 2.75) is 0 Å². The zero-order chi connectivity index (χ0) is 18.7. The number of amides is 1. The van der Waals surface area contributed by atoms with E-state index in [1.807, 2.05) is 30.3 Å². The highest BCUT2D eigenvalue weighted by Gasteiger charge is 2.21. The summed E-state index contributed by atoms with van der Waals surface area (Å²) < 4.78 is 31.6. The number of anilines is 1. The summed E-state index contributed by atoms with van der Waals surface area (Å²) in [6, 6.07) is 13.5. The predicted octanol–water partition coefficient (Wildman–Crippen LogP) is 4.73. The maximum atomic E-state index is 13.8. The van der Waals surface area contributed by atoms with E-state index in [2.05, 4.69) is 5.32 Å². The Morgan fingerprint density at radius 1 is 1.04 bits per heavy atom. The highest BCUT2D eigenvalue weighted by molar-refractivity contribution is 7.18. The maximum absolute atomic E-state index is 13.8. The van der Waals surface area contributed by atoms with E-state index in [4.69, 9.17) is 4.74 Å². The number of rotatable bonds is 4. The minimum absolute atomic E-state index is 0.183. The van der Waals surface area contributed by atoms with Gasteiger partial charge in [0.15, 0.2) is 0 Å². The van der Waals surface area contributed by atoms with Crippen molar-refractivity contribution in [1.29, 1.82) is 0 Å². The van der Waals surface area contributed by atoms with Crippen molar-refractivity contribution in [3.63, 3.8) is 0 Å². The van der Waals surface area contributed by atoms with Gasteiger partial charge < -0.3 is 10.1 Å². The molecular formula is C19H13F2NO3S. The molecule has 132 valence electrons. The average molecular weight is 373 g/mol. The molecule has 0 aliphatic rings. The molecule has 0 saturated heterocycles. The molecule has 2 aromatic carbocycles. The molecule has 26 heavy (non-hydrogen) atoms. The summed E-state index contributed by atoms with van der Waals surface area (Å²) >= 11 is 1.15. The number of esters is 1. The Kier molecular flexibility index (Phi) is 5.09. The van der Waals surface area contributed by atoms with Crippen LogP contribution in [0, 0.1) is 11.6 Å². The van der Waals surface area contributed by atoms with E-state index in [1.165, 1.54) is 7.11 Å². The molecule has 7 heteroatoms. The number of halogens is 2. The summed E-state index contributed by atoms with van der Waals surface area (Å²) in [7, 11) is 1.23. The molecule has 0 unspecified atom stereocenters. The number of thiophene rings is 1. The Morgan fingerprint density at radius 3 is 2.42 bits per heavy atom. The largest absolute Gasteiger partial charge is 0.465 e. The van der Waals surface area contributed by atoms with E-state index in [0.29, 0.717) is 6.07 Å². The Bertz CT molecular complexity index is 970. The topological polar surface area (TPSA) is 55.4 Å². The molecular weight excluding hydrogens is 360 g/mol. The van der Waals surface area contributed by atoms with Crippen LogP contribution in [0.5, 0.6) is 0 Å². The number of methoxy groups -OCH3 is 1. The second kappa shape index (κ2) is 7.45. The van der Waals surface area contributed by atoms with Gasteiger partial charge in [-0.3, -0.25) is 4.79 Å². The number of hydrogen-bond acceptors (Lipinski definition) is 4. The Hall–Kier alpha value is -3.06. The van der Waals surface area contributed by atoms with E-state index >= 15 is 0 Å². The molecule has 0 aliphatic carbocycles. The number of ether oxygens (including phenoxy) is 1. The van der Waals surface area contributed by atoms with Crippen LogP contribution in [0.1, 0.15) is 20.0 Å². The van der Waals surface area contributed by atoms with Crippen LogP contribution in [0.2, 0.25) is 0 Å². The van der Waals surface area contributed by atoms with Crippen molar-refractivity contribution >= 4 is 28.9 Å². The number of carbonyl (C=O) groups excluding carboxylic acids is 2. The third-order valence-electron chi connectivity index (χ3n) is 3.59. The van der Waals surface area contributed by atoms with E-state index < -0.39 is 23.5 Å². The van der Waals surface area contributed by atoms with Gasteiger partial charge in [0.2, 0.25) is 0 Å². The maximum Gasteiger partial charge on any atom is 0.350 e. The molecule has 0 atom stereocenters. The molecule has 0 bridgehead atoms. The molecule has 3 rings (SSSR count). The molecule has 1 N–H and O–H groups in total. The number of hydrogen-bond donors (Lipinski definition) is 1. The van der Waals surface area contributed by atoms with Gasteiger partial charge >= 0.3 is 5.97 Å². The van der Waals surface area contributed by atoms with Crippen molar-refractivity contribution in [2.24, 2.45) is 0 Å². The van der Waals surface area contributed by atoms with Gasteiger partial charge in [-0.25, -0.2) is 13.6 Å². The summed E-state index contributed by atoms with van der Waals surface area (Å²) in [5.41, 5.74) is 0.736. The summed E-state index contributed by atoms with van der Waals surface area (Å²) in [6.45, 7) is 0. The summed E-state index contributed by atoms with van der Waals surface area (Å²) in [4.78, 5) is 25.3. The zero-order valence-electron chi connectivity index (χ0n) is 13.6. The van der Waals surface area contributed by atoms with Crippen molar-refractivity contribution in [2.75, 3.05) is 12.4 Å². The van der Waals surface area contributed by atoms with E-state index in [0.717, 1.165) is 33.9 Å². The molecule has 3 aromatic rings. The molecule has 4 nitrogen and oxygen atoms in total. The van der Waals surface area contributed by atoms with E-state index in [9.17, 15) is 18.4 Å². The quantitative estimate of drug-likeness (QED) is 0.673. The molecule has 0 radical (unpaired) electrons. The summed E-state index contributed by atoms with van der Waals surface area (Å²) in [5, 5.41) is 2.50. The number of nitrogens with one attached hydrogen (secondary N) is 1. The zero-order valence-corrected chi connectivity index (χ0v) is 14.4. The van der Waals surface area contributed by atoms with Gasteiger partial charge in [0.05, 0.1) is 18.4 Å². The van der Waals surface area contributed by atoms with Crippen LogP contribution in [-0.2, 0) is 4.74 Å². The van der Waals surface area contributed by atoms with E-state index in [1.54, 1.807) is 6.07 Å². The van der Waals surface area contributed by atoms with E-state index in [-0.39, 0.29) is 16.1 Å². The molecule has 0 aliphatic heterocycles. The first kappa shape index (κ1) is 17.8. The van der Waals surface area contributed by atoms with Gasteiger partial charge in [0.1, 0.15) is 16.5 Å². The number of benzene rings is 2. The van der Waals surface area contributed by atoms with Crippen LogP contribution in [0.15, 0.2) is 54.6 Å². The van der Waals surface area contributed by atoms with Crippen molar-refractivity contribution < 1.29 is 23.1 Å². The summed E-state index contributed by atoms with van der Waals surface area (Å²) in [6.07, 6.45) is 0. The van der Waals surface area contributed by atoms with Crippen LogP contribution in [0.4, 0.5) is 14.5 Å². The third kappa shape index (κ3) is 3.62.